The first-order valence-electron chi connectivity index (χ1n) is 7.54. The first-order chi connectivity index (χ1) is 10.1. The molecule has 0 saturated carbocycles. The fourth-order valence-corrected chi connectivity index (χ4v) is 2.94. The molecule has 5 heteroatoms. The number of aryl methyl sites for hydroxylation is 1. The first kappa shape index (κ1) is 14.2. The number of rotatable bonds is 3. The largest absolute Gasteiger partial charge is 0.305 e. The molecule has 3 rings (SSSR count). The summed E-state index contributed by atoms with van der Waals surface area (Å²) >= 11 is 0. The molecule has 21 heavy (non-hydrogen) atoms. The predicted octanol–water partition coefficient (Wildman–Crippen LogP) is 2.33. The number of piperidine rings is 1. The SMILES string of the molecule is Cc1nc2ccc(=O)n(CCN3CCCCC3)c2cc1F. The first-order valence-corrected chi connectivity index (χ1v) is 7.54. The zero-order valence-electron chi connectivity index (χ0n) is 12.3. The predicted molar refractivity (Wildman–Crippen MR) is 81.0 cm³/mol. The zero-order valence-corrected chi connectivity index (χ0v) is 12.3. The van der Waals surface area contributed by atoms with Crippen LogP contribution in [0, 0.1) is 12.7 Å². The summed E-state index contributed by atoms with van der Waals surface area (Å²) in [6, 6.07) is 4.61. The molecule has 4 nitrogen and oxygen atoms in total. The van der Waals surface area contributed by atoms with Gasteiger partial charge >= 0.3 is 0 Å². The number of fused-ring (bicyclic) bond motifs is 1. The highest BCUT2D eigenvalue weighted by molar-refractivity contribution is 5.74. The van der Waals surface area contributed by atoms with Crippen molar-refractivity contribution in [2.24, 2.45) is 0 Å². The van der Waals surface area contributed by atoms with Crippen molar-refractivity contribution in [1.29, 1.82) is 0 Å². The number of pyridine rings is 2. The van der Waals surface area contributed by atoms with Crippen molar-refractivity contribution in [3.63, 3.8) is 0 Å². The van der Waals surface area contributed by atoms with Gasteiger partial charge in [0, 0.05) is 25.2 Å². The lowest BCUT2D eigenvalue weighted by molar-refractivity contribution is 0.221. The molecule has 2 aromatic rings. The van der Waals surface area contributed by atoms with Gasteiger partial charge < -0.3 is 9.47 Å². The number of halogens is 1. The van der Waals surface area contributed by atoms with E-state index in [2.05, 4.69) is 9.88 Å². The second-order valence-corrected chi connectivity index (χ2v) is 5.69. The van der Waals surface area contributed by atoms with Gasteiger partial charge in [-0.25, -0.2) is 9.37 Å². The molecule has 0 radical (unpaired) electrons. The molecule has 1 saturated heterocycles. The lowest BCUT2D eigenvalue weighted by atomic mass is 10.1. The van der Waals surface area contributed by atoms with Gasteiger partial charge in [0.25, 0.3) is 5.56 Å². The zero-order chi connectivity index (χ0) is 14.8. The number of aromatic nitrogens is 2. The molecule has 0 N–H and O–H groups in total. The van der Waals surface area contributed by atoms with Gasteiger partial charge in [0.15, 0.2) is 0 Å². The van der Waals surface area contributed by atoms with E-state index >= 15 is 0 Å². The summed E-state index contributed by atoms with van der Waals surface area (Å²) in [5.74, 6) is -0.361. The molecule has 1 aliphatic heterocycles. The van der Waals surface area contributed by atoms with Crippen LogP contribution >= 0.6 is 0 Å². The summed E-state index contributed by atoms with van der Waals surface area (Å²) in [4.78, 5) is 18.7. The third kappa shape index (κ3) is 2.97. The Kier molecular flexibility index (Phi) is 4.01. The number of hydrogen-bond acceptors (Lipinski definition) is 3. The number of likely N-dealkylation sites (tertiary alicyclic amines) is 1. The fourth-order valence-electron chi connectivity index (χ4n) is 2.94. The summed E-state index contributed by atoms with van der Waals surface area (Å²) in [6.45, 7) is 5.23. The van der Waals surface area contributed by atoms with Gasteiger partial charge in [0.05, 0.1) is 16.7 Å². The molecule has 0 amide bonds. The van der Waals surface area contributed by atoms with E-state index in [0.717, 1.165) is 19.6 Å². The molecule has 2 aromatic heterocycles. The van der Waals surface area contributed by atoms with Crippen LogP contribution in [0.4, 0.5) is 4.39 Å². The minimum atomic E-state index is -0.361. The molecular weight excluding hydrogens is 269 g/mol. The third-order valence-corrected chi connectivity index (χ3v) is 4.19. The molecule has 0 aliphatic carbocycles. The van der Waals surface area contributed by atoms with Crippen molar-refractivity contribution in [3.05, 3.63) is 40.1 Å². The maximum absolute atomic E-state index is 13.8. The van der Waals surface area contributed by atoms with Gasteiger partial charge in [-0.3, -0.25) is 4.79 Å². The standard InChI is InChI=1S/C16H20FN3O/c1-12-13(17)11-15-14(18-12)5-6-16(21)20(15)10-9-19-7-3-2-4-8-19/h5-6,11H,2-4,7-10H2,1H3. The molecule has 112 valence electrons. The molecule has 0 aromatic carbocycles. The fraction of sp³-hybridized carbons (Fsp3) is 0.500. The number of nitrogens with zero attached hydrogens (tertiary/aromatic N) is 3. The van der Waals surface area contributed by atoms with Crippen molar-refractivity contribution < 1.29 is 4.39 Å². The molecule has 0 atom stereocenters. The summed E-state index contributed by atoms with van der Waals surface area (Å²) in [6.07, 6.45) is 3.73. The second-order valence-electron chi connectivity index (χ2n) is 5.69. The average molecular weight is 289 g/mol. The lowest BCUT2D eigenvalue weighted by Gasteiger charge is -2.26. The minimum Gasteiger partial charge on any atom is -0.305 e. The van der Waals surface area contributed by atoms with Crippen molar-refractivity contribution in [2.75, 3.05) is 19.6 Å². The Morgan fingerprint density at radius 2 is 1.95 bits per heavy atom. The van der Waals surface area contributed by atoms with Crippen LogP contribution in [0.2, 0.25) is 0 Å². The number of hydrogen-bond donors (Lipinski definition) is 0. The van der Waals surface area contributed by atoms with Gasteiger partial charge in [0.2, 0.25) is 0 Å². The quantitative estimate of drug-likeness (QED) is 0.870. The Balaban J connectivity index is 1.91. The monoisotopic (exact) mass is 289 g/mol. The minimum absolute atomic E-state index is 0.0930. The summed E-state index contributed by atoms with van der Waals surface area (Å²) < 4.78 is 15.4. The maximum Gasteiger partial charge on any atom is 0.251 e. The Morgan fingerprint density at radius 1 is 1.19 bits per heavy atom. The Morgan fingerprint density at radius 3 is 2.71 bits per heavy atom. The lowest BCUT2D eigenvalue weighted by Crippen LogP contribution is -2.34. The summed E-state index contributed by atoms with van der Waals surface area (Å²) in [5.41, 5.74) is 1.53. The van der Waals surface area contributed by atoms with E-state index in [9.17, 15) is 9.18 Å². The van der Waals surface area contributed by atoms with Crippen molar-refractivity contribution in [1.82, 2.24) is 14.5 Å². The third-order valence-electron chi connectivity index (χ3n) is 4.19. The van der Waals surface area contributed by atoms with E-state index in [4.69, 9.17) is 0 Å². The van der Waals surface area contributed by atoms with Crippen LogP contribution in [0.25, 0.3) is 11.0 Å². The normalized spacial score (nSPS) is 16.5. The van der Waals surface area contributed by atoms with E-state index < -0.39 is 0 Å². The summed E-state index contributed by atoms with van der Waals surface area (Å²) in [7, 11) is 0. The van der Waals surface area contributed by atoms with Gasteiger partial charge in [-0.2, -0.15) is 0 Å². The van der Waals surface area contributed by atoms with Crippen LogP contribution in [0.1, 0.15) is 25.0 Å². The molecular formula is C16H20FN3O. The molecule has 0 bridgehead atoms. The maximum atomic E-state index is 13.8. The molecule has 3 heterocycles. The van der Waals surface area contributed by atoms with E-state index in [1.807, 2.05) is 0 Å². The van der Waals surface area contributed by atoms with Crippen LogP contribution < -0.4 is 5.56 Å². The van der Waals surface area contributed by atoms with E-state index in [1.165, 1.54) is 31.4 Å². The molecule has 1 aliphatic rings. The van der Waals surface area contributed by atoms with Gasteiger partial charge in [-0.15, -0.1) is 0 Å². The van der Waals surface area contributed by atoms with E-state index in [-0.39, 0.29) is 11.4 Å². The van der Waals surface area contributed by atoms with Crippen molar-refractivity contribution >= 4 is 11.0 Å². The smallest absolute Gasteiger partial charge is 0.251 e. The Bertz CT molecular complexity index is 704. The highest BCUT2D eigenvalue weighted by atomic mass is 19.1. The molecule has 0 spiro atoms. The van der Waals surface area contributed by atoms with Gasteiger partial charge in [-0.1, -0.05) is 6.42 Å². The van der Waals surface area contributed by atoms with E-state index in [0.29, 0.717) is 23.3 Å². The van der Waals surface area contributed by atoms with Gasteiger partial charge in [0.1, 0.15) is 5.82 Å². The van der Waals surface area contributed by atoms with Crippen molar-refractivity contribution in [3.8, 4) is 0 Å². The molecule has 1 fully saturated rings. The van der Waals surface area contributed by atoms with Crippen molar-refractivity contribution in [2.45, 2.75) is 32.7 Å². The second kappa shape index (κ2) is 5.93. The average Bonchev–Trinajstić information content (AvgIpc) is 2.49. The van der Waals surface area contributed by atoms with Crippen LogP contribution in [0.15, 0.2) is 23.0 Å². The summed E-state index contributed by atoms with van der Waals surface area (Å²) in [5, 5.41) is 0. The Hall–Kier alpha value is -1.75. The van der Waals surface area contributed by atoms with Crippen LogP contribution in [-0.4, -0.2) is 34.1 Å². The Labute approximate surface area is 123 Å². The van der Waals surface area contributed by atoms with E-state index in [1.54, 1.807) is 17.6 Å². The van der Waals surface area contributed by atoms with Crippen LogP contribution in [0.3, 0.4) is 0 Å². The van der Waals surface area contributed by atoms with Crippen LogP contribution in [0.5, 0.6) is 0 Å². The molecule has 0 unspecified atom stereocenters. The van der Waals surface area contributed by atoms with Gasteiger partial charge in [-0.05, 0) is 38.9 Å². The highest BCUT2D eigenvalue weighted by Crippen LogP contribution is 2.14. The topological polar surface area (TPSA) is 38.1 Å². The van der Waals surface area contributed by atoms with Crippen LogP contribution in [-0.2, 0) is 6.54 Å². The highest BCUT2D eigenvalue weighted by Gasteiger charge is 2.12.